The lowest BCUT2D eigenvalue weighted by Crippen LogP contribution is -2.36. The van der Waals surface area contributed by atoms with Gasteiger partial charge in [0.05, 0.1) is 5.69 Å². The molecule has 0 aromatic heterocycles. The molecule has 1 aromatic carbocycles. The first-order valence-corrected chi connectivity index (χ1v) is 6.47. The third-order valence-corrected chi connectivity index (χ3v) is 3.56. The van der Waals surface area contributed by atoms with Crippen molar-refractivity contribution in [3.63, 3.8) is 0 Å². The van der Waals surface area contributed by atoms with Gasteiger partial charge in [0, 0.05) is 10.5 Å². The van der Waals surface area contributed by atoms with Crippen molar-refractivity contribution in [1.82, 2.24) is 5.32 Å². The smallest absolute Gasteiger partial charge is 0.319 e. The lowest BCUT2D eigenvalue weighted by Gasteiger charge is -2.13. The minimum absolute atomic E-state index is 0.252. The number of rotatable bonds is 2. The zero-order valence-corrected chi connectivity index (χ0v) is 10.9. The van der Waals surface area contributed by atoms with E-state index >= 15 is 0 Å². The number of carbonyl (C=O) groups is 1. The van der Waals surface area contributed by atoms with E-state index in [-0.39, 0.29) is 17.9 Å². The normalized spacial score (nSPS) is 15.9. The van der Waals surface area contributed by atoms with Gasteiger partial charge in [-0.2, -0.15) is 0 Å². The topological polar surface area (TPSA) is 41.1 Å². The summed E-state index contributed by atoms with van der Waals surface area (Å²) in [5.74, 6) is -0.371. The van der Waals surface area contributed by atoms with Crippen LogP contribution in [0.3, 0.4) is 0 Å². The molecule has 2 amide bonds. The number of amides is 2. The van der Waals surface area contributed by atoms with Gasteiger partial charge in [-0.3, -0.25) is 0 Å². The van der Waals surface area contributed by atoms with E-state index in [4.69, 9.17) is 0 Å². The molecule has 1 aliphatic rings. The van der Waals surface area contributed by atoms with Crippen LogP contribution in [-0.2, 0) is 0 Å². The molecule has 1 saturated carbocycles. The Bertz CT molecular complexity index is 419. The van der Waals surface area contributed by atoms with Gasteiger partial charge >= 0.3 is 6.03 Å². The number of hydrogen-bond acceptors (Lipinski definition) is 1. The molecule has 1 aromatic rings. The van der Waals surface area contributed by atoms with Crippen molar-refractivity contribution in [2.45, 2.75) is 31.7 Å². The highest BCUT2D eigenvalue weighted by Crippen LogP contribution is 2.23. The van der Waals surface area contributed by atoms with Crippen LogP contribution in [0.4, 0.5) is 14.9 Å². The second kappa shape index (κ2) is 5.49. The fourth-order valence-corrected chi connectivity index (χ4v) is 2.35. The Labute approximate surface area is 108 Å². The second-order valence-electron chi connectivity index (χ2n) is 4.20. The minimum Gasteiger partial charge on any atom is -0.335 e. The van der Waals surface area contributed by atoms with Crippen molar-refractivity contribution in [3.05, 3.63) is 28.5 Å². The van der Waals surface area contributed by atoms with Crippen molar-refractivity contribution in [2.24, 2.45) is 0 Å². The predicted molar refractivity (Wildman–Crippen MR) is 68.5 cm³/mol. The Hall–Kier alpha value is -1.10. The number of carbonyl (C=O) groups excluding carboxylic acids is 1. The van der Waals surface area contributed by atoms with Crippen LogP contribution in [0.25, 0.3) is 0 Å². The van der Waals surface area contributed by atoms with Crippen LogP contribution in [0.15, 0.2) is 22.7 Å². The van der Waals surface area contributed by atoms with Crippen LogP contribution >= 0.6 is 15.9 Å². The van der Waals surface area contributed by atoms with E-state index in [0.29, 0.717) is 10.2 Å². The van der Waals surface area contributed by atoms with Crippen molar-refractivity contribution in [2.75, 3.05) is 5.32 Å². The molecule has 3 nitrogen and oxygen atoms in total. The Balaban J connectivity index is 1.95. The van der Waals surface area contributed by atoms with Crippen LogP contribution in [0.1, 0.15) is 25.7 Å². The van der Waals surface area contributed by atoms with Crippen LogP contribution in [-0.4, -0.2) is 12.1 Å². The van der Waals surface area contributed by atoms with E-state index in [2.05, 4.69) is 26.6 Å². The van der Waals surface area contributed by atoms with Gasteiger partial charge in [0.1, 0.15) is 5.82 Å². The van der Waals surface area contributed by atoms with Crippen molar-refractivity contribution >= 4 is 27.6 Å². The quantitative estimate of drug-likeness (QED) is 0.860. The highest BCUT2D eigenvalue weighted by molar-refractivity contribution is 9.10. The molecule has 1 fully saturated rings. The molecule has 0 spiro atoms. The Morgan fingerprint density at radius 2 is 2.06 bits per heavy atom. The lowest BCUT2D eigenvalue weighted by atomic mass is 10.2. The number of halogens is 2. The fraction of sp³-hybridized carbons (Fsp3) is 0.417. The van der Waals surface area contributed by atoms with Crippen LogP contribution < -0.4 is 10.6 Å². The van der Waals surface area contributed by atoms with Gasteiger partial charge in [-0.1, -0.05) is 12.8 Å². The second-order valence-corrected chi connectivity index (χ2v) is 5.06. The summed E-state index contributed by atoms with van der Waals surface area (Å²) in [5.41, 5.74) is 0.445. The maximum atomic E-state index is 13.0. The van der Waals surface area contributed by atoms with Crippen LogP contribution in [0.5, 0.6) is 0 Å². The van der Waals surface area contributed by atoms with E-state index < -0.39 is 0 Å². The van der Waals surface area contributed by atoms with E-state index in [1.807, 2.05) is 0 Å². The molecule has 0 radical (unpaired) electrons. The molecule has 17 heavy (non-hydrogen) atoms. The van der Waals surface area contributed by atoms with Crippen molar-refractivity contribution in [3.8, 4) is 0 Å². The SMILES string of the molecule is O=C(Nc1cc(F)ccc1Br)NC1CCCC1. The van der Waals surface area contributed by atoms with Gasteiger partial charge in [0.15, 0.2) is 0 Å². The van der Waals surface area contributed by atoms with Crippen molar-refractivity contribution in [1.29, 1.82) is 0 Å². The third-order valence-electron chi connectivity index (χ3n) is 2.87. The van der Waals surface area contributed by atoms with Gasteiger partial charge in [0.2, 0.25) is 0 Å². The van der Waals surface area contributed by atoms with E-state index in [1.165, 1.54) is 12.1 Å². The maximum Gasteiger partial charge on any atom is 0.319 e. The Kier molecular flexibility index (Phi) is 3.99. The van der Waals surface area contributed by atoms with Gasteiger partial charge < -0.3 is 10.6 Å². The summed E-state index contributed by atoms with van der Waals surface area (Å²) < 4.78 is 13.7. The summed E-state index contributed by atoms with van der Waals surface area (Å²) in [6, 6.07) is 4.17. The first-order chi connectivity index (χ1) is 8.15. The average Bonchev–Trinajstić information content (AvgIpc) is 2.76. The van der Waals surface area contributed by atoms with Crippen LogP contribution in [0.2, 0.25) is 0 Å². The fourth-order valence-electron chi connectivity index (χ4n) is 2.01. The summed E-state index contributed by atoms with van der Waals surface area (Å²) in [6.45, 7) is 0. The molecule has 0 bridgehead atoms. The average molecular weight is 301 g/mol. The Morgan fingerprint density at radius 3 is 2.76 bits per heavy atom. The Morgan fingerprint density at radius 1 is 1.35 bits per heavy atom. The molecule has 0 saturated heterocycles. The standard InChI is InChI=1S/C12H14BrFN2O/c13-10-6-5-8(14)7-11(10)16-12(17)15-9-3-1-2-4-9/h5-7,9H,1-4H2,(H2,15,16,17). The van der Waals surface area contributed by atoms with Gasteiger partial charge in [-0.15, -0.1) is 0 Å². The molecule has 5 heteroatoms. The molecule has 0 heterocycles. The van der Waals surface area contributed by atoms with Gasteiger partial charge in [-0.05, 0) is 47.0 Å². The lowest BCUT2D eigenvalue weighted by molar-refractivity contribution is 0.248. The predicted octanol–water partition coefficient (Wildman–Crippen LogP) is 3.65. The highest BCUT2D eigenvalue weighted by atomic mass is 79.9. The molecule has 2 rings (SSSR count). The monoisotopic (exact) mass is 300 g/mol. The molecular weight excluding hydrogens is 287 g/mol. The molecule has 2 N–H and O–H groups in total. The molecule has 0 atom stereocenters. The molecule has 92 valence electrons. The third kappa shape index (κ3) is 3.43. The largest absolute Gasteiger partial charge is 0.335 e. The number of urea groups is 1. The van der Waals surface area contributed by atoms with Gasteiger partial charge in [-0.25, -0.2) is 9.18 Å². The summed E-state index contributed by atoms with van der Waals surface area (Å²) >= 11 is 3.26. The first-order valence-electron chi connectivity index (χ1n) is 5.68. The molecule has 0 aliphatic heterocycles. The number of nitrogens with one attached hydrogen (secondary N) is 2. The van der Waals surface area contributed by atoms with E-state index in [1.54, 1.807) is 6.07 Å². The van der Waals surface area contributed by atoms with Gasteiger partial charge in [0.25, 0.3) is 0 Å². The minimum atomic E-state index is -0.371. The van der Waals surface area contributed by atoms with Crippen LogP contribution in [0, 0.1) is 5.82 Å². The molecule has 1 aliphatic carbocycles. The van der Waals surface area contributed by atoms with E-state index in [9.17, 15) is 9.18 Å². The zero-order valence-electron chi connectivity index (χ0n) is 9.30. The maximum absolute atomic E-state index is 13.0. The summed E-state index contributed by atoms with van der Waals surface area (Å²) in [4.78, 5) is 11.7. The highest BCUT2D eigenvalue weighted by Gasteiger charge is 2.17. The number of anilines is 1. The summed E-state index contributed by atoms with van der Waals surface area (Å²) in [6.07, 6.45) is 4.37. The summed E-state index contributed by atoms with van der Waals surface area (Å²) in [7, 11) is 0. The molecular formula is C12H14BrFN2O. The number of hydrogen-bond donors (Lipinski definition) is 2. The number of benzene rings is 1. The molecule has 0 unspecified atom stereocenters. The summed E-state index contributed by atoms with van der Waals surface area (Å²) in [5, 5.41) is 5.52. The first kappa shape index (κ1) is 12.4. The van der Waals surface area contributed by atoms with E-state index in [0.717, 1.165) is 25.7 Å². The van der Waals surface area contributed by atoms with Crippen molar-refractivity contribution < 1.29 is 9.18 Å². The zero-order chi connectivity index (χ0) is 12.3.